The Balaban J connectivity index is 1.64. The lowest BCUT2D eigenvalue weighted by Gasteiger charge is -2.27. The number of aliphatic hydroxyl groups is 1. The number of ether oxygens (including phenoxy) is 2. The zero-order valence-electron chi connectivity index (χ0n) is 18.2. The summed E-state index contributed by atoms with van der Waals surface area (Å²) >= 11 is 5.88. The van der Waals surface area contributed by atoms with E-state index < -0.39 is 55.0 Å². The largest absolute Gasteiger partial charge is 0.479 e. The number of nitrogens with two attached hydrogens (primary N) is 1. The third kappa shape index (κ3) is 4.48. The van der Waals surface area contributed by atoms with Gasteiger partial charge in [-0.1, -0.05) is 35.4 Å². The van der Waals surface area contributed by atoms with Crippen LogP contribution in [0.2, 0.25) is 5.28 Å². The van der Waals surface area contributed by atoms with Crippen LogP contribution in [0, 0.1) is 0 Å². The number of carboxylic acid groups (broad SMARTS) is 2. The van der Waals surface area contributed by atoms with Gasteiger partial charge in [0.15, 0.2) is 17.7 Å². The highest BCUT2D eigenvalue weighted by Crippen LogP contribution is 2.35. The number of aromatic nitrogens is 4. The monoisotopic (exact) mass is 518 g/mol. The summed E-state index contributed by atoms with van der Waals surface area (Å²) < 4.78 is 12.6. The first kappa shape index (κ1) is 25.1. The van der Waals surface area contributed by atoms with Crippen molar-refractivity contribution in [3.8, 4) is 0 Å². The zero-order valence-corrected chi connectivity index (χ0v) is 19.0. The molecule has 5 N–H and O–H groups in total. The average Bonchev–Trinajstić information content (AvgIpc) is 3.38. The van der Waals surface area contributed by atoms with Crippen molar-refractivity contribution >= 4 is 40.5 Å². The molecule has 1 saturated heterocycles. The van der Waals surface area contributed by atoms with Crippen molar-refractivity contribution in [1.29, 1.82) is 0 Å². The van der Waals surface area contributed by atoms with Gasteiger partial charge in [-0.3, -0.25) is 4.57 Å². The van der Waals surface area contributed by atoms with Gasteiger partial charge in [0.25, 0.3) is 5.60 Å². The molecule has 0 spiro atoms. The fourth-order valence-electron chi connectivity index (χ4n) is 3.92. The Morgan fingerprint density at radius 2 is 1.97 bits per heavy atom. The second kappa shape index (κ2) is 9.93. The Labute approximate surface area is 206 Å². The van der Waals surface area contributed by atoms with E-state index in [1.807, 2.05) is 0 Å². The van der Waals surface area contributed by atoms with E-state index in [-0.39, 0.29) is 22.3 Å². The van der Waals surface area contributed by atoms with Crippen molar-refractivity contribution in [2.75, 3.05) is 12.3 Å². The van der Waals surface area contributed by atoms with Crippen molar-refractivity contribution in [3.05, 3.63) is 57.9 Å². The lowest BCUT2D eigenvalue weighted by Crippen LogP contribution is -2.52. The van der Waals surface area contributed by atoms with E-state index in [0.717, 1.165) is 0 Å². The minimum absolute atomic E-state index is 0.0173. The molecule has 16 heteroatoms. The minimum atomic E-state index is -2.68. The van der Waals surface area contributed by atoms with Gasteiger partial charge in [0.05, 0.1) is 25.1 Å². The molecule has 0 bridgehead atoms. The predicted molar refractivity (Wildman–Crippen MR) is 122 cm³/mol. The summed E-state index contributed by atoms with van der Waals surface area (Å²) in [4.78, 5) is 38.8. The molecule has 0 unspecified atom stereocenters. The van der Waals surface area contributed by atoms with E-state index in [1.54, 1.807) is 30.3 Å². The number of benzene rings is 1. The molecule has 4 atom stereocenters. The third-order valence-electron chi connectivity index (χ3n) is 5.70. The van der Waals surface area contributed by atoms with E-state index in [9.17, 15) is 24.9 Å². The molecule has 0 radical (unpaired) electrons. The molecule has 15 nitrogen and oxygen atoms in total. The van der Waals surface area contributed by atoms with Gasteiger partial charge in [-0.05, 0) is 22.7 Å². The second-order valence-corrected chi connectivity index (χ2v) is 8.20. The fourth-order valence-corrected chi connectivity index (χ4v) is 4.09. The zero-order chi connectivity index (χ0) is 26.0. The van der Waals surface area contributed by atoms with Crippen LogP contribution in [0.25, 0.3) is 21.6 Å². The normalized spacial score (nSPS) is 21.8. The number of anilines is 1. The molecule has 1 aromatic carbocycles. The molecule has 1 aliphatic rings. The number of nitrogen functional groups attached to an aromatic ring is 1. The van der Waals surface area contributed by atoms with Gasteiger partial charge in [0, 0.05) is 11.3 Å². The number of fused-ring (bicyclic) bond motifs is 1. The van der Waals surface area contributed by atoms with E-state index >= 15 is 0 Å². The summed E-state index contributed by atoms with van der Waals surface area (Å²) in [6, 6.07) is 6.78. The Bertz CT molecular complexity index is 1330. The maximum absolute atomic E-state index is 12.1. The van der Waals surface area contributed by atoms with Gasteiger partial charge in [-0.25, -0.2) is 14.6 Å². The topological polar surface area (TPSA) is 232 Å². The first-order chi connectivity index (χ1) is 17.2. The van der Waals surface area contributed by atoms with Crippen LogP contribution in [-0.2, 0) is 25.5 Å². The predicted octanol–water partition coefficient (Wildman–Crippen LogP) is 1.17. The Morgan fingerprint density at radius 3 is 2.61 bits per heavy atom. The number of rotatable bonds is 9. The van der Waals surface area contributed by atoms with Gasteiger partial charge in [0.1, 0.15) is 11.6 Å². The number of halogens is 1. The number of hydrogen-bond acceptors (Lipinski definition) is 10. The van der Waals surface area contributed by atoms with Crippen LogP contribution < -0.4 is 5.73 Å². The van der Waals surface area contributed by atoms with Crippen LogP contribution in [0.15, 0.2) is 41.8 Å². The van der Waals surface area contributed by atoms with Crippen LogP contribution in [0.5, 0.6) is 0 Å². The Hall–Kier alpha value is -4.01. The molecule has 1 fully saturated rings. The van der Waals surface area contributed by atoms with E-state index in [0.29, 0.717) is 5.56 Å². The van der Waals surface area contributed by atoms with Crippen LogP contribution in [0.4, 0.5) is 5.82 Å². The highest BCUT2D eigenvalue weighted by atomic mass is 35.5. The van der Waals surface area contributed by atoms with Crippen LogP contribution in [-0.4, -0.2) is 77.2 Å². The quantitative estimate of drug-likeness (QED) is 0.103. The van der Waals surface area contributed by atoms with Crippen molar-refractivity contribution in [2.24, 2.45) is 5.11 Å². The van der Waals surface area contributed by atoms with Crippen LogP contribution in [0.1, 0.15) is 11.8 Å². The summed E-state index contributed by atoms with van der Waals surface area (Å²) in [7, 11) is 0. The highest BCUT2D eigenvalue weighted by Gasteiger charge is 2.51. The van der Waals surface area contributed by atoms with Crippen molar-refractivity contribution < 1.29 is 34.4 Å². The SMILES string of the molecule is [N-]=[N+]=N[C@H]1[C@@H](O)[C@H](n2cnc3c(N)nc(Cl)nc32)O[C@@H]1COC(Cc1ccccc1)(C(=O)O)C(=O)O. The van der Waals surface area contributed by atoms with Crippen LogP contribution >= 0.6 is 11.6 Å². The number of nitrogens with zero attached hydrogens (tertiary/aromatic N) is 7. The molecular formula is C20H19ClN8O7. The maximum Gasteiger partial charge on any atom is 0.348 e. The van der Waals surface area contributed by atoms with E-state index in [2.05, 4.69) is 25.0 Å². The van der Waals surface area contributed by atoms with E-state index in [1.165, 1.54) is 10.9 Å². The number of imidazole rings is 1. The summed E-state index contributed by atoms with van der Waals surface area (Å²) in [6.45, 7) is -0.646. The number of hydrogen-bond donors (Lipinski definition) is 4. The molecule has 0 saturated carbocycles. The summed E-state index contributed by atoms with van der Waals surface area (Å²) in [5.41, 5.74) is 12.8. The molecule has 188 valence electrons. The number of azide groups is 1. The van der Waals surface area contributed by atoms with Crippen molar-refractivity contribution in [3.63, 3.8) is 0 Å². The smallest absolute Gasteiger partial charge is 0.348 e. The molecule has 3 heterocycles. The molecule has 4 rings (SSSR count). The minimum Gasteiger partial charge on any atom is -0.479 e. The standard InChI is InChI=1S/C20H19ClN8O7/c21-19-25-14(22)12-15(26-19)29(8-24-12)16-13(30)11(27-28-23)10(36-16)7-35-20(17(31)32,18(33)34)6-9-4-2-1-3-5-9/h1-5,8,10-11,13,16,30H,6-7H2,(H,31,32)(H,33,34)(H2,22,25,26)/t10-,11-,13-,16-/m1/s1. The summed E-state index contributed by atoms with van der Waals surface area (Å²) in [6.07, 6.45) is -3.18. The Kier molecular flexibility index (Phi) is 6.92. The van der Waals surface area contributed by atoms with Crippen molar-refractivity contribution in [2.45, 2.75) is 36.5 Å². The number of carboxylic acids is 2. The fraction of sp³-hybridized carbons (Fsp3) is 0.350. The first-order valence-electron chi connectivity index (χ1n) is 10.4. The maximum atomic E-state index is 12.1. The number of aliphatic carboxylic acids is 2. The second-order valence-electron chi connectivity index (χ2n) is 7.86. The van der Waals surface area contributed by atoms with Gasteiger partial charge in [-0.15, -0.1) is 0 Å². The highest BCUT2D eigenvalue weighted by molar-refractivity contribution is 6.28. The molecule has 0 amide bonds. The average molecular weight is 519 g/mol. The first-order valence-corrected chi connectivity index (χ1v) is 10.7. The molecule has 1 aliphatic heterocycles. The molecule has 2 aromatic heterocycles. The van der Waals surface area contributed by atoms with Gasteiger partial charge in [-0.2, -0.15) is 9.97 Å². The van der Waals surface area contributed by atoms with Crippen LogP contribution in [0.3, 0.4) is 0 Å². The van der Waals surface area contributed by atoms with Crippen molar-refractivity contribution in [1.82, 2.24) is 19.5 Å². The van der Waals surface area contributed by atoms with E-state index in [4.69, 9.17) is 32.3 Å². The molecule has 36 heavy (non-hydrogen) atoms. The van der Waals surface area contributed by atoms with Gasteiger partial charge >= 0.3 is 11.9 Å². The molecule has 3 aromatic rings. The van der Waals surface area contributed by atoms with Gasteiger partial charge in [0.2, 0.25) is 5.28 Å². The number of carbonyl (C=O) groups is 2. The molecular weight excluding hydrogens is 500 g/mol. The third-order valence-corrected chi connectivity index (χ3v) is 5.87. The Morgan fingerprint density at radius 1 is 1.28 bits per heavy atom. The molecule has 0 aliphatic carbocycles. The van der Waals surface area contributed by atoms with Gasteiger partial charge < -0.3 is 30.5 Å². The number of aliphatic hydroxyl groups excluding tert-OH is 1. The summed E-state index contributed by atoms with van der Waals surface area (Å²) in [5.74, 6) is -3.50. The lowest BCUT2D eigenvalue weighted by atomic mass is 9.94. The lowest BCUT2D eigenvalue weighted by molar-refractivity contribution is -0.188. The summed E-state index contributed by atoms with van der Waals surface area (Å²) in [5, 5.41) is 33.8.